The number of alkyl halides is 3. The Kier molecular flexibility index (Phi) is 9.17. The molecule has 0 bridgehead atoms. The van der Waals surface area contributed by atoms with Gasteiger partial charge < -0.3 is 20.3 Å². The zero-order valence-corrected chi connectivity index (χ0v) is 27.8. The molecule has 0 unspecified atom stereocenters. The first-order valence-corrected chi connectivity index (χ1v) is 17.4. The average molecular weight is 703 g/mol. The zero-order chi connectivity index (χ0) is 35.0. The fourth-order valence-electron chi connectivity index (χ4n) is 5.78. The van der Waals surface area contributed by atoms with Crippen molar-refractivity contribution in [1.29, 1.82) is 0 Å². The monoisotopic (exact) mass is 702 g/mol. The minimum atomic E-state index is -4.61. The van der Waals surface area contributed by atoms with Gasteiger partial charge in [0.15, 0.2) is 6.61 Å². The SMILES string of the molecule is CC(=O)N1CCN(CC2(S(=O)(=O)NC(=O)c3ccc(Nc4nc(NC5(c6ccc(C)cc6)CC5)nc(OCC(F)(F)F)n4)cc3)CC2)CC1. The van der Waals surface area contributed by atoms with Crippen molar-refractivity contribution in [3.8, 4) is 6.01 Å². The Balaban J connectivity index is 1.12. The highest BCUT2D eigenvalue weighted by Gasteiger charge is 2.56. The summed E-state index contributed by atoms with van der Waals surface area (Å²) in [6, 6.07) is 13.2. The van der Waals surface area contributed by atoms with Crippen molar-refractivity contribution in [2.45, 2.75) is 56.0 Å². The van der Waals surface area contributed by atoms with Crippen molar-refractivity contribution in [1.82, 2.24) is 29.5 Å². The lowest BCUT2D eigenvalue weighted by Crippen LogP contribution is -2.53. The number of nitrogens with zero attached hydrogens (tertiary/aromatic N) is 5. The highest BCUT2D eigenvalue weighted by molar-refractivity contribution is 7.91. The topological polar surface area (TPSA) is 159 Å². The Morgan fingerprint density at radius 3 is 2.10 bits per heavy atom. The molecule has 2 amide bonds. The van der Waals surface area contributed by atoms with Gasteiger partial charge in [-0.05, 0) is 62.4 Å². The molecule has 2 aliphatic carbocycles. The van der Waals surface area contributed by atoms with E-state index in [1.165, 1.54) is 31.2 Å². The maximum Gasteiger partial charge on any atom is 0.422 e. The van der Waals surface area contributed by atoms with Gasteiger partial charge in [0.1, 0.15) is 4.75 Å². The molecule has 17 heteroatoms. The van der Waals surface area contributed by atoms with Gasteiger partial charge in [-0.15, -0.1) is 0 Å². The lowest BCUT2D eigenvalue weighted by molar-refractivity contribution is -0.154. The Bertz CT molecular complexity index is 1810. The minimum absolute atomic E-state index is 0.0166. The molecule has 2 aromatic carbocycles. The van der Waals surface area contributed by atoms with Crippen LogP contribution in [0.5, 0.6) is 6.01 Å². The molecule has 1 aliphatic heterocycles. The summed E-state index contributed by atoms with van der Waals surface area (Å²) < 4.78 is 71.4. The average Bonchev–Trinajstić information content (AvgIpc) is 3.98. The lowest BCUT2D eigenvalue weighted by atomic mass is 10.0. The Labute approximate surface area is 281 Å². The summed E-state index contributed by atoms with van der Waals surface area (Å²) in [6.45, 7) is 4.32. The number of aromatic nitrogens is 3. The third kappa shape index (κ3) is 8.21. The number of nitrogens with one attached hydrogen (secondary N) is 3. The van der Waals surface area contributed by atoms with Crippen LogP contribution in [0.15, 0.2) is 48.5 Å². The molecule has 2 saturated carbocycles. The van der Waals surface area contributed by atoms with Gasteiger partial charge in [-0.2, -0.15) is 28.1 Å². The molecule has 3 aliphatic rings. The number of carbonyl (C=O) groups is 2. The van der Waals surface area contributed by atoms with Gasteiger partial charge in [-0.25, -0.2) is 13.1 Å². The lowest BCUT2D eigenvalue weighted by Gasteiger charge is -2.36. The molecule has 3 N–H and O–H groups in total. The number of piperazine rings is 1. The van der Waals surface area contributed by atoms with Crippen molar-refractivity contribution in [3.05, 3.63) is 65.2 Å². The fourth-order valence-corrected chi connectivity index (χ4v) is 7.35. The van der Waals surface area contributed by atoms with Gasteiger partial charge in [-0.3, -0.25) is 14.5 Å². The molecule has 2 heterocycles. The summed E-state index contributed by atoms with van der Waals surface area (Å²) in [7, 11) is -4.01. The quantitative estimate of drug-likeness (QED) is 0.253. The zero-order valence-electron chi connectivity index (χ0n) is 27.0. The number of carbonyl (C=O) groups excluding carboxylic acids is 2. The number of rotatable bonds is 12. The summed E-state index contributed by atoms with van der Waals surface area (Å²) in [5, 5.41) is 6.13. The first kappa shape index (κ1) is 34.4. The van der Waals surface area contributed by atoms with Gasteiger partial charge in [0, 0.05) is 50.9 Å². The van der Waals surface area contributed by atoms with Crippen LogP contribution >= 0.6 is 0 Å². The smallest absolute Gasteiger partial charge is 0.422 e. The molecule has 0 spiro atoms. The number of amides is 2. The van der Waals surface area contributed by atoms with E-state index in [9.17, 15) is 31.2 Å². The molecule has 1 saturated heterocycles. The fraction of sp³-hybridized carbons (Fsp3) is 0.469. The molecule has 1 aromatic heterocycles. The van der Waals surface area contributed by atoms with E-state index in [1.807, 2.05) is 36.1 Å². The maximum absolute atomic E-state index is 13.3. The molecule has 6 rings (SSSR count). The molecule has 262 valence electrons. The molecule has 13 nitrogen and oxygen atoms in total. The summed E-state index contributed by atoms with van der Waals surface area (Å²) in [4.78, 5) is 40.8. The maximum atomic E-state index is 13.3. The summed E-state index contributed by atoms with van der Waals surface area (Å²) in [5.41, 5.74) is 2.05. The van der Waals surface area contributed by atoms with Crippen LogP contribution in [0, 0.1) is 6.92 Å². The molecular weight excluding hydrogens is 665 g/mol. The van der Waals surface area contributed by atoms with E-state index in [2.05, 4.69) is 30.3 Å². The summed E-state index contributed by atoms with van der Waals surface area (Å²) >= 11 is 0. The second kappa shape index (κ2) is 13.1. The predicted molar refractivity (Wildman–Crippen MR) is 174 cm³/mol. The Hall–Kier alpha value is -4.51. The Morgan fingerprint density at radius 1 is 0.898 bits per heavy atom. The van der Waals surface area contributed by atoms with E-state index in [0.717, 1.165) is 24.0 Å². The van der Waals surface area contributed by atoms with Crippen molar-refractivity contribution in [2.24, 2.45) is 0 Å². The van der Waals surface area contributed by atoms with Gasteiger partial charge >= 0.3 is 12.2 Å². The third-order valence-corrected chi connectivity index (χ3v) is 11.2. The number of hydrogen-bond donors (Lipinski definition) is 3. The van der Waals surface area contributed by atoms with Crippen LogP contribution in [0.3, 0.4) is 0 Å². The van der Waals surface area contributed by atoms with Crippen molar-refractivity contribution < 1.29 is 35.9 Å². The van der Waals surface area contributed by atoms with E-state index in [-0.39, 0.29) is 29.9 Å². The molecule has 49 heavy (non-hydrogen) atoms. The number of sulfonamides is 1. The number of aryl methyl sites for hydroxylation is 1. The second-order valence-corrected chi connectivity index (χ2v) is 14.9. The van der Waals surface area contributed by atoms with Gasteiger partial charge in [-0.1, -0.05) is 29.8 Å². The van der Waals surface area contributed by atoms with E-state index < -0.39 is 45.0 Å². The van der Waals surface area contributed by atoms with Crippen LogP contribution in [0.1, 0.15) is 54.1 Å². The molecule has 0 radical (unpaired) electrons. The molecular formula is C32H37F3N8O5S. The van der Waals surface area contributed by atoms with Crippen LogP contribution in [0.25, 0.3) is 0 Å². The first-order valence-electron chi connectivity index (χ1n) is 15.9. The van der Waals surface area contributed by atoms with Crippen LogP contribution < -0.4 is 20.1 Å². The third-order valence-electron chi connectivity index (χ3n) is 9.02. The van der Waals surface area contributed by atoms with Crippen LogP contribution in [-0.4, -0.2) is 95.2 Å². The number of halogens is 3. The van der Waals surface area contributed by atoms with E-state index >= 15 is 0 Å². The van der Waals surface area contributed by atoms with E-state index in [4.69, 9.17) is 4.74 Å². The number of hydrogen-bond acceptors (Lipinski definition) is 11. The number of benzene rings is 2. The predicted octanol–water partition coefficient (Wildman–Crippen LogP) is 3.72. The molecule has 0 atom stereocenters. The highest BCUT2D eigenvalue weighted by atomic mass is 32.2. The second-order valence-electron chi connectivity index (χ2n) is 12.8. The first-order chi connectivity index (χ1) is 23.1. The van der Waals surface area contributed by atoms with Crippen molar-refractivity contribution >= 4 is 39.4 Å². The van der Waals surface area contributed by atoms with Gasteiger partial charge in [0.25, 0.3) is 5.91 Å². The van der Waals surface area contributed by atoms with Crippen LogP contribution in [-0.2, 0) is 20.4 Å². The molecule has 3 fully saturated rings. The Morgan fingerprint density at radius 2 is 1.53 bits per heavy atom. The summed E-state index contributed by atoms with van der Waals surface area (Å²) in [6.07, 6.45) is -2.23. The van der Waals surface area contributed by atoms with Gasteiger partial charge in [0.2, 0.25) is 27.8 Å². The van der Waals surface area contributed by atoms with Crippen molar-refractivity contribution in [2.75, 3.05) is 50.0 Å². The molecule has 3 aromatic rings. The minimum Gasteiger partial charge on any atom is -0.454 e. The normalized spacial score (nSPS) is 18.3. The van der Waals surface area contributed by atoms with Gasteiger partial charge in [0.05, 0.1) is 5.54 Å². The van der Waals surface area contributed by atoms with Crippen LogP contribution in [0.4, 0.5) is 30.8 Å². The number of anilines is 3. The van der Waals surface area contributed by atoms with Crippen LogP contribution in [0.2, 0.25) is 0 Å². The van der Waals surface area contributed by atoms with Crippen molar-refractivity contribution in [3.63, 3.8) is 0 Å². The standard InChI is InChI=1S/C32H37F3N8O5S/c1-21-3-7-24(8-4-21)31(13-14-31)40-28-37-27(38-29(39-28)48-20-32(33,34)35)36-25-9-5-23(6-10-25)26(45)41-49(46,47)30(11-12-30)19-42-15-17-43(18-16-42)22(2)44/h3-10H,11-20H2,1-2H3,(H,41,45)(H2,36,37,38,39,40). The highest BCUT2D eigenvalue weighted by Crippen LogP contribution is 2.48. The largest absolute Gasteiger partial charge is 0.454 e. The van der Waals surface area contributed by atoms with E-state index in [0.29, 0.717) is 44.7 Å². The van der Waals surface area contributed by atoms with E-state index in [1.54, 1.807) is 4.90 Å². The number of ether oxygens (including phenoxy) is 1. The summed E-state index contributed by atoms with van der Waals surface area (Å²) in [5.74, 6) is -0.894.